The third kappa shape index (κ3) is 5.11. The highest BCUT2D eigenvalue weighted by atomic mass is 32.1. The minimum atomic E-state index is -0.412. The van der Waals surface area contributed by atoms with Gasteiger partial charge in [0.15, 0.2) is 0 Å². The molecule has 5 rings (SSSR count). The van der Waals surface area contributed by atoms with Crippen molar-refractivity contribution in [3.05, 3.63) is 93.2 Å². The zero-order valence-corrected chi connectivity index (χ0v) is 22.0. The molecule has 6 heteroatoms. The maximum absolute atomic E-state index is 13.8. The van der Waals surface area contributed by atoms with Crippen molar-refractivity contribution in [3.8, 4) is 0 Å². The van der Waals surface area contributed by atoms with Crippen LogP contribution in [0.2, 0.25) is 0 Å². The molecule has 0 saturated carbocycles. The van der Waals surface area contributed by atoms with Gasteiger partial charge < -0.3 is 15.1 Å². The molecule has 3 heterocycles. The molecule has 0 aliphatic carbocycles. The molecular formula is C30H36N3O2S+. The van der Waals surface area contributed by atoms with Crippen molar-refractivity contribution in [2.24, 2.45) is 5.92 Å². The molecule has 188 valence electrons. The fraction of sp³-hybridized carbons (Fsp3) is 0.400. The summed E-state index contributed by atoms with van der Waals surface area (Å²) in [5, 5.41) is 5.28. The van der Waals surface area contributed by atoms with Gasteiger partial charge in [0.1, 0.15) is 6.54 Å². The highest BCUT2D eigenvalue weighted by Gasteiger charge is 2.44. The standard InChI is InChI=1S/C30H35N3O2S/c1-21(2)19-33-28(26-13-7-18-36-26)27(24-11-5-6-12-25(24)30(33)35)29(34)31-15-8-16-32-17-14-22-9-3-4-10-23(22)20-32/h3-7,9-13,18,21,27-28H,8,14-17,19-20H2,1-2H3,(H,31,34)/p+1. The van der Waals surface area contributed by atoms with Crippen LogP contribution in [0.1, 0.15) is 64.2 Å². The van der Waals surface area contributed by atoms with Crippen molar-refractivity contribution in [1.82, 2.24) is 10.2 Å². The maximum Gasteiger partial charge on any atom is 0.254 e. The Kier molecular flexibility index (Phi) is 7.54. The summed E-state index contributed by atoms with van der Waals surface area (Å²) in [6.07, 6.45) is 2.06. The minimum Gasteiger partial charge on any atom is -0.355 e. The number of hydrogen-bond acceptors (Lipinski definition) is 3. The van der Waals surface area contributed by atoms with Gasteiger partial charge >= 0.3 is 0 Å². The van der Waals surface area contributed by atoms with Crippen molar-refractivity contribution in [2.75, 3.05) is 26.2 Å². The molecule has 1 aromatic heterocycles. The Hall–Kier alpha value is -2.96. The van der Waals surface area contributed by atoms with Crippen LogP contribution in [0.5, 0.6) is 0 Å². The van der Waals surface area contributed by atoms with E-state index >= 15 is 0 Å². The molecule has 0 fully saturated rings. The van der Waals surface area contributed by atoms with Gasteiger partial charge in [-0.2, -0.15) is 0 Å². The van der Waals surface area contributed by atoms with E-state index in [1.54, 1.807) is 16.2 Å². The topological polar surface area (TPSA) is 53.9 Å². The van der Waals surface area contributed by atoms with E-state index in [1.165, 1.54) is 11.1 Å². The highest BCUT2D eigenvalue weighted by molar-refractivity contribution is 7.10. The number of carbonyl (C=O) groups is 2. The van der Waals surface area contributed by atoms with Gasteiger partial charge in [-0.1, -0.05) is 62.4 Å². The molecule has 0 saturated heterocycles. The van der Waals surface area contributed by atoms with Gasteiger partial charge in [0.05, 0.1) is 25.0 Å². The molecule has 3 aromatic rings. The van der Waals surface area contributed by atoms with Crippen LogP contribution < -0.4 is 10.2 Å². The van der Waals surface area contributed by atoms with E-state index < -0.39 is 5.92 Å². The average molecular weight is 503 g/mol. The van der Waals surface area contributed by atoms with Crippen LogP contribution >= 0.6 is 11.3 Å². The van der Waals surface area contributed by atoms with Gasteiger partial charge in [-0.3, -0.25) is 9.59 Å². The third-order valence-corrected chi connectivity index (χ3v) is 8.37. The Labute approximate surface area is 218 Å². The maximum atomic E-state index is 13.8. The van der Waals surface area contributed by atoms with E-state index in [-0.39, 0.29) is 17.9 Å². The van der Waals surface area contributed by atoms with Crippen molar-refractivity contribution in [2.45, 2.75) is 45.2 Å². The predicted molar refractivity (Wildman–Crippen MR) is 144 cm³/mol. The molecule has 0 spiro atoms. The first-order valence-corrected chi connectivity index (χ1v) is 14.0. The first kappa shape index (κ1) is 24.7. The molecule has 3 atom stereocenters. The van der Waals surface area contributed by atoms with Crippen LogP contribution in [0.25, 0.3) is 0 Å². The summed E-state index contributed by atoms with van der Waals surface area (Å²) in [5.41, 5.74) is 4.43. The third-order valence-electron chi connectivity index (χ3n) is 7.43. The number of hydrogen-bond donors (Lipinski definition) is 2. The number of thiophene rings is 1. The molecule has 2 amide bonds. The average Bonchev–Trinajstić information content (AvgIpc) is 3.42. The van der Waals surface area contributed by atoms with Gasteiger partial charge in [-0.15, -0.1) is 11.3 Å². The molecule has 2 aliphatic rings. The minimum absolute atomic E-state index is 0.0149. The lowest BCUT2D eigenvalue weighted by Crippen LogP contribution is -3.11. The zero-order chi connectivity index (χ0) is 25.1. The largest absolute Gasteiger partial charge is 0.355 e. The van der Waals surface area contributed by atoms with Crippen molar-refractivity contribution < 1.29 is 14.5 Å². The normalized spacial score (nSPS) is 21.2. The molecule has 0 bridgehead atoms. The molecule has 2 N–H and O–H groups in total. The molecule has 36 heavy (non-hydrogen) atoms. The van der Waals surface area contributed by atoms with Gasteiger partial charge in [0.2, 0.25) is 5.91 Å². The number of rotatable bonds is 8. The summed E-state index contributed by atoms with van der Waals surface area (Å²) < 4.78 is 0. The van der Waals surface area contributed by atoms with E-state index in [9.17, 15) is 9.59 Å². The number of fused-ring (bicyclic) bond motifs is 2. The van der Waals surface area contributed by atoms with Crippen molar-refractivity contribution in [3.63, 3.8) is 0 Å². The second kappa shape index (κ2) is 11.0. The monoisotopic (exact) mass is 502 g/mol. The SMILES string of the molecule is CC(C)CN1C(=O)c2ccccc2C(C(=O)NCCC[NH+]2CCc3ccccc3C2)C1c1cccs1. The van der Waals surface area contributed by atoms with Crippen LogP contribution in [0.15, 0.2) is 66.0 Å². The summed E-state index contributed by atoms with van der Waals surface area (Å²) in [4.78, 5) is 31.9. The Balaban J connectivity index is 1.30. The van der Waals surface area contributed by atoms with E-state index in [0.717, 1.165) is 42.9 Å². The highest BCUT2D eigenvalue weighted by Crippen LogP contribution is 2.44. The van der Waals surface area contributed by atoms with Crippen LogP contribution in [-0.4, -0.2) is 42.9 Å². The first-order chi connectivity index (χ1) is 17.5. The molecule has 3 unspecified atom stereocenters. The summed E-state index contributed by atoms with van der Waals surface area (Å²) in [6.45, 7) is 8.77. The number of nitrogens with one attached hydrogen (secondary N) is 2. The van der Waals surface area contributed by atoms with Crippen LogP contribution in [0, 0.1) is 5.92 Å². The summed E-state index contributed by atoms with van der Waals surface area (Å²) in [5.74, 6) is -0.0645. The Morgan fingerprint density at radius 2 is 1.86 bits per heavy atom. The second-order valence-electron chi connectivity index (χ2n) is 10.5. The van der Waals surface area contributed by atoms with E-state index in [2.05, 4.69) is 49.5 Å². The number of benzene rings is 2. The molecule has 2 aromatic carbocycles. The first-order valence-electron chi connectivity index (χ1n) is 13.1. The number of amides is 2. The molecule has 2 aliphatic heterocycles. The number of quaternary nitrogens is 1. The quantitative estimate of drug-likeness (QED) is 0.460. The summed E-state index contributed by atoms with van der Waals surface area (Å²) in [7, 11) is 0. The fourth-order valence-electron chi connectivity index (χ4n) is 5.76. The smallest absolute Gasteiger partial charge is 0.254 e. The molecule has 0 radical (unpaired) electrons. The van der Waals surface area contributed by atoms with E-state index in [1.807, 2.05) is 40.6 Å². The zero-order valence-electron chi connectivity index (χ0n) is 21.2. The summed E-state index contributed by atoms with van der Waals surface area (Å²) >= 11 is 1.62. The van der Waals surface area contributed by atoms with Gasteiger partial charge in [0.25, 0.3) is 5.91 Å². The van der Waals surface area contributed by atoms with Crippen molar-refractivity contribution in [1.29, 1.82) is 0 Å². The lowest BCUT2D eigenvalue weighted by atomic mass is 9.81. The van der Waals surface area contributed by atoms with Crippen LogP contribution in [0.4, 0.5) is 0 Å². The molecular weight excluding hydrogens is 466 g/mol. The van der Waals surface area contributed by atoms with E-state index in [4.69, 9.17) is 0 Å². The second-order valence-corrected chi connectivity index (χ2v) is 11.4. The number of nitrogens with zero attached hydrogens (tertiary/aromatic N) is 1. The van der Waals surface area contributed by atoms with Crippen LogP contribution in [0.3, 0.4) is 0 Å². The molecule has 5 nitrogen and oxygen atoms in total. The Morgan fingerprint density at radius 3 is 2.64 bits per heavy atom. The Bertz CT molecular complexity index is 1210. The fourth-order valence-corrected chi connectivity index (χ4v) is 6.64. The Morgan fingerprint density at radius 1 is 1.08 bits per heavy atom. The van der Waals surface area contributed by atoms with Gasteiger partial charge in [-0.25, -0.2) is 0 Å². The lowest BCUT2D eigenvalue weighted by Gasteiger charge is -2.42. The van der Waals surface area contributed by atoms with E-state index in [0.29, 0.717) is 24.6 Å². The van der Waals surface area contributed by atoms with Crippen LogP contribution in [-0.2, 0) is 17.8 Å². The lowest BCUT2D eigenvalue weighted by molar-refractivity contribution is -0.916. The van der Waals surface area contributed by atoms with Gasteiger partial charge in [-0.05, 0) is 34.6 Å². The summed E-state index contributed by atoms with van der Waals surface area (Å²) in [6, 6.07) is 20.2. The van der Waals surface area contributed by atoms with Crippen molar-refractivity contribution >= 4 is 23.2 Å². The number of carbonyl (C=O) groups excluding carboxylic acids is 2. The van der Waals surface area contributed by atoms with Gasteiger partial charge in [0, 0.05) is 41.9 Å². The predicted octanol–water partition coefficient (Wildman–Crippen LogP) is 3.83.